The summed E-state index contributed by atoms with van der Waals surface area (Å²) < 4.78 is 0. The molecule has 1 aliphatic heterocycles. The van der Waals surface area contributed by atoms with Gasteiger partial charge >= 0.3 is 0 Å². The van der Waals surface area contributed by atoms with E-state index in [0.717, 1.165) is 0 Å². The van der Waals surface area contributed by atoms with Crippen LogP contribution in [-0.4, -0.2) is 5.25 Å². The lowest BCUT2D eigenvalue weighted by Crippen LogP contribution is -2.21. The molecule has 3 unspecified atom stereocenters. The summed E-state index contributed by atoms with van der Waals surface area (Å²) >= 11 is 2.06. The van der Waals surface area contributed by atoms with Gasteiger partial charge in [-0.3, -0.25) is 0 Å². The minimum absolute atomic E-state index is 0.633. The van der Waals surface area contributed by atoms with E-state index >= 15 is 0 Å². The topological polar surface area (TPSA) is 0 Å². The molecular weight excluding hydrogens is 212 g/mol. The van der Waals surface area contributed by atoms with Crippen molar-refractivity contribution in [1.29, 1.82) is 0 Å². The Morgan fingerprint density at radius 3 is 2.88 bits per heavy atom. The van der Waals surface area contributed by atoms with Crippen molar-refractivity contribution in [2.45, 2.75) is 5.25 Å². The molecule has 16 heavy (non-hydrogen) atoms. The molecule has 1 aromatic rings. The summed E-state index contributed by atoms with van der Waals surface area (Å²) in [5.74, 6) is 1.31. The summed E-state index contributed by atoms with van der Waals surface area (Å²) in [5, 5.41) is 3.56. The van der Waals surface area contributed by atoms with Crippen molar-refractivity contribution < 1.29 is 0 Å². The molecule has 0 N–H and O–H groups in total. The number of hydrogen-bond donors (Lipinski definition) is 0. The Labute approximate surface area is 99.1 Å². The molecule has 3 atom stereocenters. The van der Waals surface area contributed by atoms with E-state index in [-0.39, 0.29) is 0 Å². The summed E-state index contributed by atoms with van der Waals surface area (Å²) in [6.45, 7) is 0. The average Bonchev–Trinajstić information content (AvgIpc) is 2.85. The monoisotopic (exact) mass is 224 g/mol. The highest BCUT2D eigenvalue weighted by atomic mass is 32.2. The predicted octanol–water partition coefficient (Wildman–Crippen LogP) is 2.06. The molecule has 1 fully saturated rings. The fraction of sp³-hybridized carbons (Fsp3) is 0.200. The van der Waals surface area contributed by atoms with Crippen molar-refractivity contribution in [2.75, 3.05) is 0 Å². The highest BCUT2D eigenvalue weighted by Crippen LogP contribution is 2.50. The van der Waals surface area contributed by atoms with Crippen LogP contribution in [0.15, 0.2) is 48.6 Å². The van der Waals surface area contributed by atoms with Gasteiger partial charge in [0.1, 0.15) is 0 Å². The summed E-state index contributed by atoms with van der Waals surface area (Å²) in [7, 11) is 0. The predicted molar refractivity (Wildman–Crippen MR) is 70.2 cm³/mol. The second-order valence-electron chi connectivity index (χ2n) is 4.57. The number of thioether (sulfide) groups is 1. The Morgan fingerprint density at radius 1 is 1.00 bits per heavy atom. The minimum atomic E-state index is 0.633. The van der Waals surface area contributed by atoms with Crippen molar-refractivity contribution >= 4 is 22.7 Å². The molecule has 0 bridgehead atoms. The molecule has 0 saturated carbocycles. The molecule has 0 nitrogen and oxygen atoms in total. The van der Waals surface area contributed by atoms with E-state index < -0.39 is 0 Å². The fourth-order valence-electron chi connectivity index (χ4n) is 2.94. The first-order chi connectivity index (χ1) is 7.93. The maximum atomic E-state index is 2.45. The second kappa shape index (κ2) is 3.14. The largest absolute Gasteiger partial charge is 0.121 e. The normalized spacial score (nSPS) is 33.2. The van der Waals surface area contributed by atoms with Crippen LogP contribution in [0.2, 0.25) is 0 Å². The molecule has 1 heterocycles. The van der Waals surface area contributed by atoms with Gasteiger partial charge in [0.05, 0.1) is 0 Å². The SMILES string of the molecule is C1=CC2SC3=c4ccccc4=CC3C2C=C1. The van der Waals surface area contributed by atoms with Crippen LogP contribution >= 0.6 is 11.8 Å². The van der Waals surface area contributed by atoms with Crippen molar-refractivity contribution in [2.24, 2.45) is 11.8 Å². The Balaban J connectivity index is 1.96. The van der Waals surface area contributed by atoms with Crippen molar-refractivity contribution in [3.8, 4) is 0 Å². The zero-order chi connectivity index (χ0) is 10.5. The van der Waals surface area contributed by atoms with Crippen molar-refractivity contribution in [3.63, 3.8) is 0 Å². The van der Waals surface area contributed by atoms with Crippen LogP contribution in [0.3, 0.4) is 0 Å². The van der Waals surface area contributed by atoms with Gasteiger partial charge in [0.25, 0.3) is 0 Å². The maximum Gasteiger partial charge on any atom is 0.0346 e. The van der Waals surface area contributed by atoms with Crippen LogP contribution in [-0.2, 0) is 0 Å². The zero-order valence-corrected chi connectivity index (χ0v) is 9.65. The first-order valence-corrected chi connectivity index (χ1v) is 6.64. The van der Waals surface area contributed by atoms with Crippen molar-refractivity contribution in [1.82, 2.24) is 0 Å². The number of rotatable bonds is 0. The molecule has 1 aromatic carbocycles. The quantitative estimate of drug-likeness (QED) is 0.650. The van der Waals surface area contributed by atoms with Crippen molar-refractivity contribution in [3.05, 3.63) is 59.0 Å². The molecule has 0 aromatic heterocycles. The summed E-state index contributed by atoms with van der Waals surface area (Å²) in [6.07, 6.45) is 11.5. The van der Waals surface area contributed by atoms with E-state index in [9.17, 15) is 0 Å². The highest BCUT2D eigenvalue weighted by Gasteiger charge is 2.39. The van der Waals surface area contributed by atoms with E-state index in [1.807, 2.05) is 0 Å². The summed E-state index contributed by atoms with van der Waals surface area (Å²) in [4.78, 5) is 1.59. The molecule has 0 amide bonds. The van der Waals surface area contributed by atoms with Gasteiger partial charge in [0.15, 0.2) is 0 Å². The Hall–Kier alpha value is -1.21. The van der Waals surface area contributed by atoms with Gasteiger partial charge in [0.2, 0.25) is 0 Å². The molecule has 0 radical (unpaired) electrons. The average molecular weight is 224 g/mol. The molecule has 4 rings (SSSR count). The zero-order valence-electron chi connectivity index (χ0n) is 8.84. The molecule has 2 aliphatic carbocycles. The third-order valence-corrected chi connectivity index (χ3v) is 5.18. The molecule has 3 aliphatic rings. The van der Waals surface area contributed by atoms with Gasteiger partial charge in [0, 0.05) is 22.0 Å². The lowest BCUT2D eigenvalue weighted by atomic mass is 9.88. The number of hydrogen-bond acceptors (Lipinski definition) is 1. The molecule has 1 heteroatoms. The number of fused-ring (bicyclic) bond motifs is 4. The van der Waals surface area contributed by atoms with E-state index in [4.69, 9.17) is 0 Å². The van der Waals surface area contributed by atoms with Crippen LogP contribution in [0.1, 0.15) is 0 Å². The highest BCUT2D eigenvalue weighted by molar-refractivity contribution is 8.09. The second-order valence-corrected chi connectivity index (χ2v) is 5.79. The first kappa shape index (κ1) is 8.89. The third-order valence-electron chi connectivity index (χ3n) is 3.69. The van der Waals surface area contributed by atoms with Crippen LogP contribution in [0.4, 0.5) is 0 Å². The maximum absolute atomic E-state index is 2.45. The Bertz CT molecular complexity index is 621. The first-order valence-electron chi connectivity index (χ1n) is 5.76. The smallest absolute Gasteiger partial charge is 0.0346 e. The summed E-state index contributed by atoms with van der Waals surface area (Å²) in [6, 6.07) is 8.78. The van der Waals surface area contributed by atoms with Crippen LogP contribution in [0.25, 0.3) is 11.0 Å². The van der Waals surface area contributed by atoms with Gasteiger partial charge in [-0.15, -0.1) is 11.8 Å². The van der Waals surface area contributed by atoms with Gasteiger partial charge < -0.3 is 0 Å². The standard InChI is InChI=1S/C15H12S/c1-2-6-11-10(5-1)9-13-12-7-3-4-8-14(12)16-15(11)13/h1-9,12-14H. The molecule has 0 spiro atoms. The lowest BCUT2D eigenvalue weighted by molar-refractivity contribution is 0.635. The van der Waals surface area contributed by atoms with Gasteiger partial charge in [-0.2, -0.15) is 0 Å². The Kier molecular flexibility index (Phi) is 1.75. The van der Waals surface area contributed by atoms with Gasteiger partial charge in [-0.1, -0.05) is 54.6 Å². The van der Waals surface area contributed by atoms with E-state index in [1.54, 1.807) is 4.91 Å². The van der Waals surface area contributed by atoms with Crippen LogP contribution in [0, 0.1) is 11.8 Å². The molecule has 78 valence electrons. The van der Waals surface area contributed by atoms with E-state index in [0.29, 0.717) is 17.1 Å². The van der Waals surface area contributed by atoms with Gasteiger partial charge in [-0.25, -0.2) is 0 Å². The number of benzene rings is 1. The van der Waals surface area contributed by atoms with E-state index in [1.165, 1.54) is 10.4 Å². The molecular formula is C15H12S. The number of allylic oxidation sites excluding steroid dienone is 3. The van der Waals surface area contributed by atoms with Gasteiger partial charge in [-0.05, 0) is 10.4 Å². The summed E-state index contributed by atoms with van der Waals surface area (Å²) in [5.41, 5.74) is 0. The fourth-order valence-corrected chi connectivity index (χ4v) is 4.51. The Morgan fingerprint density at radius 2 is 1.88 bits per heavy atom. The van der Waals surface area contributed by atoms with Crippen LogP contribution in [0.5, 0.6) is 0 Å². The van der Waals surface area contributed by atoms with E-state index in [2.05, 4.69) is 66.4 Å². The molecule has 1 saturated heterocycles. The third kappa shape index (κ3) is 1.07. The van der Waals surface area contributed by atoms with Crippen LogP contribution < -0.4 is 10.4 Å². The lowest BCUT2D eigenvalue weighted by Gasteiger charge is -2.16. The minimum Gasteiger partial charge on any atom is -0.121 e.